The van der Waals surface area contributed by atoms with Gasteiger partial charge in [0, 0.05) is 24.0 Å². The van der Waals surface area contributed by atoms with Crippen molar-refractivity contribution in [2.24, 2.45) is 5.84 Å². The van der Waals surface area contributed by atoms with Gasteiger partial charge in [0.15, 0.2) is 0 Å². The lowest BCUT2D eigenvalue weighted by atomic mass is 10.1. The molecule has 2 aromatic carbocycles. The minimum absolute atomic E-state index is 0.329. The van der Waals surface area contributed by atoms with Crippen LogP contribution in [0.1, 0.15) is 22.5 Å². The van der Waals surface area contributed by atoms with Crippen molar-refractivity contribution in [1.29, 1.82) is 0 Å². The van der Waals surface area contributed by atoms with Crippen LogP contribution in [0, 0.1) is 20.8 Å². The van der Waals surface area contributed by atoms with E-state index >= 15 is 0 Å². The summed E-state index contributed by atoms with van der Waals surface area (Å²) in [6, 6.07) is 15.1. The molecule has 0 spiro atoms. The van der Waals surface area contributed by atoms with Gasteiger partial charge in [-0.05, 0) is 62.7 Å². The molecular weight excluding hydrogens is 354 g/mol. The Hall–Kier alpha value is -3.32. The van der Waals surface area contributed by atoms with Crippen LogP contribution in [0.3, 0.4) is 0 Å². The molecule has 28 heavy (non-hydrogen) atoms. The van der Waals surface area contributed by atoms with Gasteiger partial charge in [-0.15, -0.1) is 0 Å². The lowest BCUT2D eigenvalue weighted by Gasteiger charge is -2.17. The van der Waals surface area contributed by atoms with Crippen molar-refractivity contribution in [3.05, 3.63) is 71.0 Å². The maximum atomic E-state index is 11.9. The summed E-state index contributed by atoms with van der Waals surface area (Å²) in [5.74, 6) is 6.23. The van der Waals surface area contributed by atoms with E-state index in [0.29, 0.717) is 12.3 Å². The highest BCUT2D eigenvalue weighted by molar-refractivity contribution is 5.89. The molecule has 2 amide bonds. The number of carbonyl (C=O) groups excluding carboxylic acids is 1. The number of amides is 2. The summed E-state index contributed by atoms with van der Waals surface area (Å²) in [5.41, 5.74) is 5.65. The standard InChI is InChI=1S/C21H25N5O2/c1-14-6-5-7-20(23-21(27)25(4)22)19(14)13-28-18-10-8-17(9-11-18)26-16(3)12-15(2)24-26/h5-12H,13,22H2,1-4H3,(H,23,27). The number of aryl methyl sites for hydroxylation is 3. The van der Waals surface area contributed by atoms with Crippen molar-refractivity contribution in [3.63, 3.8) is 0 Å². The fourth-order valence-corrected chi connectivity index (χ4v) is 2.94. The van der Waals surface area contributed by atoms with Crippen molar-refractivity contribution in [2.75, 3.05) is 12.4 Å². The van der Waals surface area contributed by atoms with E-state index in [4.69, 9.17) is 10.6 Å². The van der Waals surface area contributed by atoms with Gasteiger partial charge in [-0.3, -0.25) is 5.01 Å². The van der Waals surface area contributed by atoms with Gasteiger partial charge in [0.1, 0.15) is 12.4 Å². The number of nitrogens with one attached hydrogen (secondary N) is 1. The van der Waals surface area contributed by atoms with E-state index in [2.05, 4.69) is 10.4 Å². The SMILES string of the molecule is Cc1cc(C)n(-c2ccc(OCc3c(C)cccc3NC(=O)N(C)N)cc2)n1. The Morgan fingerprint density at radius 3 is 2.50 bits per heavy atom. The van der Waals surface area contributed by atoms with Crippen LogP contribution in [0.4, 0.5) is 10.5 Å². The molecule has 0 aliphatic rings. The topological polar surface area (TPSA) is 85.4 Å². The van der Waals surface area contributed by atoms with Crippen molar-refractivity contribution in [1.82, 2.24) is 14.8 Å². The molecule has 3 aromatic rings. The quantitative estimate of drug-likeness (QED) is 0.402. The molecule has 0 fully saturated rings. The van der Waals surface area contributed by atoms with Crippen LogP contribution in [0.15, 0.2) is 48.5 Å². The van der Waals surface area contributed by atoms with Gasteiger partial charge in [-0.2, -0.15) is 5.10 Å². The van der Waals surface area contributed by atoms with Crippen LogP contribution >= 0.6 is 0 Å². The number of anilines is 1. The summed E-state index contributed by atoms with van der Waals surface area (Å²) in [6.07, 6.45) is 0. The number of aromatic nitrogens is 2. The first kappa shape index (κ1) is 19.4. The zero-order valence-corrected chi connectivity index (χ0v) is 16.6. The number of hydrogen-bond donors (Lipinski definition) is 2. The number of ether oxygens (including phenoxy) is 1. The second-order valence-corrected chi connectivity index (χ2v) is 6.76. The third-order valence-corrected chi connectivity index (χ3v) is 4.45. The van der Waals surface area contributed by atoms with Gasteiger partial charge in [-0.1, -0.05) is 12.1 Å². The molecule has 7 nitrogen and oxygen atoms in total. The van der Waals surface area contributed by atoms with Crippen molar-refractivity contribution in [3.8, 4) is 11.4 Å². The molecule has 3 N–H and O–H groups in total. The first-order valence-corrected chi connectivity index (χ1v) is 8.99. The molecule has 0 unspecified atom stereocenters. The lowest BCUT2D eigenvalue weighted by molar-refractivity contribution is 0.223. The monoisotopic (exact) mass is 379 g/mol. The number of hydrogen-bond acceptors (Lipinski definition) is 4. The summed E-state index contributed by atoms with van der Waals surface area (Å²) in [6.45, 7) is 6.31. The summed E-state index contributed by atoms with van der Waals surface area (Å²) in [5, 5.41) is 8.29. The van der Waals surface area contributed by atoms with Crippen molar-refractivity contribution < 1.29 is 9.53 Å². The Morgan fingerprint density at radius 1 is 1.18 bits per heavy atom. The number of nitrogens with zero attached hydrogens (tertiary/aromatic N) is 3. The Morgan fingerprint density at radius 2 is 1.89 bits per heavy atom. The van der Waals surface area contributed by atoms with Crippen LogP contribution < -0.4 is 15.9 Å². The van der Waals surface area contributed by atoms with Crippen molar-refractivity contribution in [2.45, 2.75) is 27.4 Å². The number of benzene rings is 2. The van der Waals surface area contributed by atoms with Gasteiger partial charge in [0.05, 0.1) is 11.4 Å². The smallest absolute Gasteiger partial charge is 0.335 e. The highest BCUT2D eigenvalue weighted by Gasteiger charge is 2.11. The fourth-order valence-electron chi connectivity index (χ4n) is 2.94. The number of nitrogens with two attached hydrogens (primary N) is 1. The highest BCUT2D eigenvalue weighted by Crippen LogP contribution is 2.23. The Bertz CT molecular complexity index is 977. The zero-order chi connectivity index (χ0) is 20.3. The van der Waals surface area contributed by atoms with Gasteiger partial charge in [0.2, 0.25) is 0 Å². The number of carbonyl (C=O) groups is 1. The van der Waals surface area contributed by atoms with Crippen LogP contribution in [0.5, 0.6) is 5.75 Å². The zero-order valence-electron chi connectivity index (χ0n) is 16.6. The molecule has 7 heteroatoms. The Kier molecular flexibility index (Phi) is 5.65. The Balaban J connectivity index is 1.74. The highest BCUT2D eigenvalue weighted by atomic mass is 16.5. The van der Waals surface area contributed by atoms with E-state index in [9.17, 15) is 4.79 Å². The second-order valence-electron chi connectivity index (χ2n) is 6.76. The van der Waals surface area contributed by atoms with Crippen molar-refractivity contribution >= 4 is 11.7 Å². The van der Waals surface area contributed by atoms with Crippen LogP contribution in [0.2, 0.25) is 0 Å². The second kappa shape index (κ2) is 8.14. The number of rotatable bonds is 5. The summed E-state index contributed by atoms with van der Waals surface area (Å²) in [7, 11) is 1.49. The minimum atomic E-state index is -0.388. The van der Waals surface area contributed by atoms with Gasteiger partial charge >= 0.3 is 6.03 Å². The van der Waals surface area contributed by atoms with E-state index in [1.54, 1.807) is 0 Å². The predicted molar refractivity (Wildman–Crippen MR) is 110 cm³/mol. The largest absolute Gasteiger partial charge is 0.489 e. The molecule has 3 rings (SSSR count). The number of hydrazine groups is 1. The molecule has 0 radical (unpaired) electrons. The van der Waals surface area contributed by atoms with E-state index in [-0.39, 0.29) is 6.03 Å². The number of urea groups is 1. The molecule has 1 heterocycles. The minimum Gasteiger partial charge on any atom is -0.489 e. The van der Waals surface area contributed by atoms with Crippen LogP contribution in [0.25, 0.3) is 5.69 Å². The van der Waals surface area contributed by atoms with Gasteiger partial charge < -0.3 is 10.1 Å². The van der Waals surface area contributed by atoms with E-state index in [0.717, 1.165) is 39.0 Å². The molecule has 0 bridgehead atoms. The molecule has 0 atom stereocenters. The lowest BCUT2D eigenvalue weighted by Crippen LogP contribution is -2.37. The average Bonchev–Trinajstić information content (AvgIpc) is 2.99. The third-order valence-electron chi connectivity index (χ3n) is 4.45. The molecule has 146 valence electrons. The molecule has 0 saturated carbocycles. The Labute approximate surface area is 164 Å². The summed E-state index contributed by atoms with van der Waals surface area (Å²) >= 11 is 0. The first-order valence-electron chi connectivity index (χ1n) is 8.99. The molecule has 1 aromatic heterocycles. The maximum absolute atomic E-state index is 11.9. The maximum Gasteiger partial charge on any atom is 0.335 e. The summed E-state index contributed by atoms with van der Waals surface area (Å²) < 4.78 is 7.86. The predicted octanol–water partition coefficient (Wildman–Crippen LogP) is 3.71. The molecule has 0 aliphatic carbocycles. The van der Waals surface area contributed by atoms with Gasteiger partial charge in [0.25, 0.3) is 0 Å². The van der Waals surface area contributed by atoms with E-state index < -0.39 is 0 Å². The molecule has 0 saturated heterocycles. The fraction of sp³-hybridized carbons (Fsp3) is 0.238. The third kappa shape index (κ3) is 4.32. The van der Waals surface area contributed by atoms with Gasteiger partial charge in [-0.25, -0.2) is 15.3 Å². The first-order chi connectivity index (χ1) is 13.3. The molecular formula is C21H25N5O2. The van der Waals surface area contributed by atoms with E-state index in [1.165, 1.54) is 7.05 Å². The average molecular weight is 379 g/mol. The normalized spacial score (nSPS) is 10.6. The van der Waals surface area contributed by atoms with Crippen LogP contribution in [-0.4, -0.2) is 27.9 Å². The molecule has 0 aliphatic heterocycles. The van der Waals surface area contributed by atoms with Crippen LogP contribution in [-0.2, 0) is 6.61 Å². The summed E-state index contributed by atoms with van der Waals surface area (Å²) in [4.78, 5) is 11.9. The van der Waals surface area contributed by atoms with E-state index in [1.807, 2.05) is 74.0 Å².